The maximum atomic E-state index is 9.96. The lowest BCUT2D eigenvalue weighted by Crippen LogP contribution is -2.22. The molecule has 0 heteroatoms. The Morgan fingerprint density at radius 2 is 1.14 bits per heavy atom. The molecule has 0 heterocycles. The van der Waals surface area contributed by atoms with Crippen LogP contribution in [0.3, 0.4) is 0 Å². The first-order valence-corrected chi connectivity index (χ1v) is 12.8. The highest BCUT2D eigenvalue weighted by atomic mass is 14.4. The third-order valence-electron chi connectivity index (χ3n) is 7.69. The zero-order valence-electron chi connectivity index (χ0n) is 46.5. The SMILES string of the molecule is [2H]c1c([2H])c([2H])c(C2(C)c3c([2H])c([2H])c([2H])c([2H])c3-c3c2c([2H])c2c([2H])c(-c4c5c([2H])c([2H])c([2H])c([2H])c5c([2H])c5c4c([2H])c([2H])c4c([2H])c([2H])c([2H])c([2H])c45)c([2H])c([2H])c2c3[2H])c([2H])c1[2H]. The van der Waals surface area contributed by atoms with Crippen molar-refractivity contribution in [2.75, 3.05) is 0 Å². The van der Waals surface area contributed by atoms with Gasteiger partial charge < -0.3 is 0 Å². The summed E-state index contributed by atoms with van der Waals surface area (Å²) in [7, 11) is 0. The van der Waals surface area contributed by atoms with E-state index in [1.54, 1.807) is 0 Å². The summed E-state index contributed by atoms with van der Waals surface area (Å²) in [6.45, 7) is 1.24. The average Bonchev–Trinajstić information content (AvgIpc) is 3.57. The Hall–Kier alpha value is -5.20. The van der Waals surface area contributed by atoms with Crippen LogP contribution in [0.5, 0.6) is 0 Å². The highest BCUT2D eigenvalue weighted by molar-refractivity contribution is 6.20. The summed E-state index contributed by atoms with van der Waals surface area (Å²) in [4.78, 5) is 0. The van der Waals surface area contributed by atoms with Crippen molar-refractivity contribution in [3.63, 3.8) is 0 Å². The molecule has 42 heavy (non-hydrogen) atoms. The van der Waals surface area contributed by atoms with Crippen LogP contribution in [0, 0.1) is 0 Å². The van der Waals surface area contributed by atoms with Crippen molar-refractivity contribution in [1.29, 1.82) is 0 Å². The van der Waals surface area contributed by atoms with Crippen LogP contribution < -0.4 is 0 Å². The van der Waals surface area contributed by atoms with Crippen molar-refractivity contribution >= 4 is 43.1 Å². The van der Waals surface area contributed by atoms with Crippen LogP contribution in [0.15, 0.2) is 151 Å². The van der Waals surface area contributed by atoms with E-state index in [2.05, 4.69) is 0 Å². The number of rotatable bonds is 2. The molecule has 0 saturated heterocycles. The summed E-state index contributed by atoms with van der Waals surface area (Å²) < 4.78 is 225. The van der Waals surface area contributed by atoms with E-state index in [1.807, 2.05) is 0 Å². The van der Waals surface area contributed by atoms with Gasteiger partial charge in [-0.05, 0) is 113 Å². The maximum absolute atomic E-state index is 9.96. The fraction of sp³-hybridized carbons (Fsp3) is 0.0476. The Morgan fingerprint density at radius 3 is 2.02 bits per heavy atom. The van der Waals surface area contributed by atoms with Crippen molar-refractivity contribution in [2.45, 2.75) is 12.3 Å². The number of hydrogen-bond acceptors (Lipinski definition) is 0. The Morgan fingerprint density at radius 1 is 0.429 bits per heavy atom. The fourth-order valence-corrected chi connectivity index (χ4v) is 5.72. The highest BCUT2D eigenvalue weighted by Crippen LogP contribution is 2.53. The third kappa shape index (κ3) is 3.18. The topological polar surface area (TPSA) is 0 Å². The predicted molar refractivity (Wildman–Crippen MR) is 179 cm³/mol. The fourth-order valence-electron chi connectivity index (χ4n) is 5.72. The number of benzene rings is 8. The summed E-state index contributed by atoms with van der Waals surface area (Å²) in [5.74, 6) is 0. The van der Waals surface area contributed by atoms with Crippen LogP contribution in [0.25, 0.3) is 65.3 Å². The first-order chi connectivity index (χ1) is 31.1. The Bertz CT molecular complexity index is 3730. The lowest BCUT2D eigenvalue weighted by atomic mass is 9.74. The summed E-state index contributed by atoms with van der Waals surface area (Å²) in [6, 6.07) is -20.8. The normalized spacial score (nSPS) is 24.2. The monoisotopic (exact) mass is 557 g/mol. The van der Waals surface area contributed by atoms with Gasteiger partial charge in [0, 0.05) is 5.41 Å². The van der Waals surface area contributed by atoms with E-state index in [-0.39, 0.29) is 0 Å². The van der Waals surface area contributed by atoms with Gasteiger partial charge in [-0.25, -0.2) is 0 Å². The van der Waals surface area contributed by atoms with Crippen molar-refractivity contribution in [1.82, 2.24) is 0 Å². The van der Waals surface area contributed by atoms with Gasteiger partial charge in [-0.3, -0.25) is 0 Å². The average molecular weight is 558 g/mol. The summed E-state index contributed by atoms with van der Waals surface area (Å²) >= 11 is 0. The third-order valence-corrected chi connectivity index (χ3v) is 7.69. The molecule has 9 rings (SSSR count). The second-order valence-electron chi connectivity index (χ2n) is 9.88. The molecule has 1 unspecified atom stereocenters. The summed E-state index contributed by atoms with van der Waals surface area (Å²) in [5.41, 5.74) is -5.94. The van der Waals surface area contributed by atoms with E-state index in [4.69, 9.17) is 24.7 Å². The first kappa shape index (κ1) is 9.68. The standard InChI is InChI=1S/C42H28/c1-42(32-13-3-2-4-14-32)39-18-10-9-17-35(39)38-24-28-19-20-30(23-31(28)26-40(38)42)41-34-16-8-6-12-29(34)25-37-33-15-7-5-11-27(33)21-22-36(37)41/h2-26H,1H3/i2D,3D,4D,5D,6D,7D,8D,9D,10D,11D,12D,13D,14D,15D,16D,17D,18D,19D,20D,21D,22D,23D,24D,25D,26D. The van der Waals surface area contributed by atoms with Crippen molar-refractivity contribution in [3.05, 3.63) is 168 Å². The van der Waals surface area contributed by atoms with Gasteiger partial charge >= 0.3 is 0 Å². The van der Waals surface area contributed by atoms with Crippen LogP contribution >= 0.6 is 0 Å². The molecule has 8 aromatic carbocycles. The lowest BCUT2D eigenvalue weighted by molar-refractivity contribution is 0.715. The van der Waals surface area contributed by atoms with Gasteiger partial charge in [0.25, 0.3) is 0 Å². The van der Waals surface area contributed by atoms with Gasteiger partial charge in [-0.15, -0.1) is 0 Å². The summed E-state index contributed by atoms with van der Waals surface area (Å²) in [6.07, 6.45) is 0. The molecule has 8 aromatic rings. The van der Waals surface area contributed by atoms with Gasteiger partial charge in [0.05, 0.1) is 34.3 Å². The quantitative estimate of drug-likeness (QED) is 0.146. The van der Waals surface area contributed by atoms with Gasteiger partial charge in [0.15, 0.2) is 0 Å². The van der Waals surface area contributed by atoms with Crippen molar-refractivity contribution in [3.8, 4) is 22.3 Å². The van der Waals surface area contributed by atoms with E-state index < -0.39 is 239 Å². The second kappa shape index (κ2) is 8.65. The molecule has 1 aliphatic carbocycles. The largest absolute Gasteiger partial charge is 0.0636 e. The molecule has 0 saturated carbocycles. The van der Waals surface area contributed by atoms with E-state index in [1.165, 1.54) is 6.92 Å². The predicted octanol–water partition coefficient (Wildman–Crippen LogP) is 11.3. The molecule has 1 atom stereocenters. The molecular weight excluding hydrogens is 504 g/mol. The molecule has 0 aliphatic heterocycles. The van der Waals surface area contributed by atoms with E-state index in [0.29, 0.717) is 0 Å². The second-order valence-corrected chi connectivity index (χ2v) is 9.88. The minimum atomic E-state index is -2.31. The number of fused-ring (bicyclic) bond motifs is 8. The minimum Gasteiger partial charge on any atom is -0.0622 e. The molecular formula is C42H28. The molecule has 0 amide bonds. The Balaban J connectivity index is 1.60. The van der Waals surface area contributed by atoms with Gasteiger partial charge in [-0.2, -0.15) is 0 Å². The van der Waals surface area contributed by atoms with Crippen molar-refractivity contribution < 1.29 is 34.3 Å². The van der Waals surface area contributed by atoms with Crippen LogP contribution in [0.2, 0.25) is 0 Å². The van der Waals surface area contributed by atoms with Crippen molar-refractivity contribution in [2.24, 2.45) is 0 Å². The smallest absolute Gasteiger partial charge is 0.0622 e. The zero-order valence-corrected chi connectivity index (χ0v) is 21.5. The molecule has 0 fully saturated rings. The van der Waals surface area contributed by atoms with Crippen LogP contribution in [-0.4, -0.2) is 0 Å². The molecule has 0 nitrogen and oxygen atoms in total. The first-order valence-electron chi connectivity index (χ1n) is 25.2. The van der Waals surface area contributed by atoms with Crippen LogP contribution in [-0.2, 0) is 5.41 Å². The minimum absolute atomic E-state index is 0.397. The van der Waals surface area contributed by atoms with Crippen LogP contribution in [0.4, 0.5) is 0 Å². The molecule has 196 valence electrons. The van der Waals surface area contributed by atoms with E-state index in [9.17, 15) is 9.60 Å². The lowest BCUT2D eigenvalue weighted by Gasteiger charge is -2.28. The van der Waals surface area contributed by atoms with E-state index in [0.717, 1.165) is 0 Å². The molecule has 0 bridgehead atoms. The highest BCUT2D eigenvalue weighted by Gasteiger charge is 2.40. The molecule has 0 aromatic heterocycles. The van der Waals surface area contributed by atoms with Crippen LogP contribution in [0.1, 0.15) is 57.9 Å². The Kier molecular flexibility index (Phi) is 1.99. The number of hydrogen-bond donors (Lipinski definition) is 0. The van der Waals surface area contributed by atoms with Gasteiger partial charge in [0.1, 0.15) is 0 Å². The molecule has 0 N–H and O–H groups in total. The molecule has 0 radical (unpaired) electrons. The molecule has 0 spiro atoms. The van der Waals surface area contributed by atoms with Gasteiger partial charge in [-0.1, -0.05) is 127 Å². The van der Waals surface area contributed by atoms with Gasteiger partial charge in [0.2, 0.25) is 0 Å². The maximum Gasteiger partial charge on any atom is 0.0636 e. The van der Waals surface area contributed by atoms with E-state index >= 15 is 0 Å². The molecule has 1 aliphatic rings. The zero-order chi connectivity index (χ0) is 49.6. The summed E-state index contributed by atoms with van der Waals surface area (Å²) in [5, 5.41) is -4.62. The Labute approximate surface area is 280 Å².